The second-order valence-corrected chi connectivity index (χ2v) is 9.58. The molecule has 5 rings (SSSR count). The number of furan rings is 1. The van der Waals surface area contributed by atoms with Crippen LogP contribution in [0.1, 0.15) is 55.8 Å². The number of aromatic amines is 1. The van der Waals surface area contributed by atoms with Crippen LogP contribution in [0.25, 0.3) is 10.9 Å². The molecule has 0 spiro atoms. The van der Waals surface area contributed by atoms with Crippen LogP contribution in [0.15, 0.2) is 47.2 Å². The van der Waals surface area contributed by atoms with E-state index in [-0.39, 0.29) is 23.8 Å². The van der Waals surface area contributed by atoms with Gasteiger partial charge in [0.25, 0.3) is 0 Å². The van der Waals surface area contributed by atoms with E-state index in [9.17, 15) is 15.0 Å². The van der Waals surface area contributed by atoms with Gasteiger partial charge in [0.05, 0.1) is 17.2 Å². The van der Waals surface area contributed by atoms with E-state index in [4.69, 9.17) is 16.0 Å². The lowest BCUT2D eigenvalue weighted by Crippen LogP contribution is -2.55. The number of aromatic nitrogens is 1. The van der Waals surface area contributed by atoms with Gasteiger partial charge in [0.1, 0.15) is 12.0 Å². The molecule has 7 heteroatoms. The molecule has 3 aromatic rings. The second-order valence-electron chi connectivity index (χ2n) is 9.18. The first-order valence-corrected chi connectivity index (χ1v) is 11.9. The maximum Gasteiger partial charge on any atom is 0.306 e. The molecule has 6 nitrogen and oxygen atoms in total. The van der Waals surface area contributed by atoms with Crippen LogP contribution in [0.4, 0.5) is 0 Å². The Morgan fingerprint density at radius 1 is 1.22 bits per heavy atom. The highest BCUT2D eigenvalue weighted by molar-refractivity contribution is 6.35. The molecule has 5 atom stereocenters. The van der Waals surface area contributed by atoms with Crippen LogP contribution in [0.2, 0.25) is 5.02 Å². The number of carboxylic acids is 1. The minimum absolute atomic E-state index is 0.106. The van der Waals surface area contributed by atoms with Crippen molar-refractivity contribution < 1.29 is 19.4 Å². The van der Waals surface area contributed by atoms with Crippen LogP contribution in [0.5, 0.6) is 0 Å². The number of H-pyrrole nitrogens is 1. The maximum absolute atomic E-state index is 11.8. The predicted molar refractivity (Wildman–Crippen MR) is 123 cm³/mol. The minimum Gasteiger partial charge on any atom is -0.481 e. The van der Waals surface area contributed by atoms with Crippen molar-refractivity contribution in [2.75, 3.05) is 6.54 Å². The number of hydrogen-bond donors (Lipinski definition) is 3. The average molecular weight is 457 g/mol. The maximum atomic E-state index is 11.8. The Bertz CT molecular complexity index is 1080. The van der Waals surface area contributed by atoms with E-state index >= 15 is 0 Å². The smallest absolute Gasteiger partial charge is 0.306 e. The third-order valence-electron chi connectivity index (χ3n) is 7.50. The third kappa shape index (κ3) is 3.85. The molecule has 1 aliphatic heterocycles. The highest BCUT2D eigenvalue weighted by Crippen LogP contribution is 2.42. The van der Waals surface area contributed by atoms with E-state index in [0.717, 1.165) is 60.9 Å². The van der Waals surface area contributed by atoms with Crippen molar-refractivity contribution >= 4 is 28.5 Å². The van der Waals surface area contributed by atoms with Gasteiger partial charge in [0.2, 0.25) is 0 Å². The molecular formula is C25H29ClN2O4. The molecule has 170 valence electrons. The van der Waals surface area contributed by atoms with Gasteiger partial charge in [-0.15, -0.1) is 0 Å². The molecule has 2 aliphatic rings. The number of nitrogens with one attached hydrogen (secondary N) is 1. The quantitative estimate of drug-likeness (QED) is 0.473. The number of aliphatic carboxylic acids is 1. The Hall–Kier alpha value is -2.28. The number of rotatable bonds is 6. The lowest BCUT2D eigenvalue weighted by Gasteiger charge is -2.48. The zero-order valence-corrected chi connectivity index (χ0v) is 18.7. The number of hydrogen-bond acceptors (Lipinski definition) is 4. The molecule has 2 aromatic heterocycles. The second kappa shape index (κ2) is 8.93. The first-order chi connectivity index (χ1) is 15.5. The molecule has 3 N–H and O–H groups in total. The first kappa shape index (κ1) is 21.6. The molecule has 3 heterocycles. The fourth-order valence-electron chi connectivity index (χ4n) is 6.07. The number of nitrogens with zero attached hydrogens (tertiary/aromatic N) is 1. The number of piperidine rings is 1. The summed E-state index contributed by atoms with van der Waals surface area (Å²) in [7, 11) is 0. The van der Waals surface area contributed by atoms with E-state index in [1.54, 1.807) is 6.26 Å². The van der Waals surface area contributed by atoms with Gasteiger partial charge < -0.3 is 19.6 Å². The standard InChI is InChI=1S/C25H29ClN2O4/c26-19-7-2-8-20-24(19)18(14-27-20)17(22-10-4-12-32-22)13-23(29)28-11-3-6-15-16(25(30)31)5-1-9-21(15)28/h2,4,7-8,10,12,14-17,21,23,27,29H,1,3,5-6,9,11,13H2,(H,30,31). The van der Waals surface area contributed by atoms with Crippen LogP contribution in [0, 0.1) is 11.8 Å². The molecule has 1 aromatic carbocycles. The fourth-order valence-corrected chi connectivity index (χ4v) is 6.36. The number of halogens is 1. The Labute approximate surface area is 192 Å². The SMILES string of the molecule is O=C(O)C1CCCC2C1CCCN2C(O)CC(c1ccco1)c1c[nH]c2cccc(Cl)c12. The molecule has 0 amide bonds. The number of aliphatic hydroxyl groups excluding tert-OH is 1. The zero-order valence-electron chi connectivity index (χ0n) is 17.9. The highest BCUT2D eigenvalue weighted by atomic mass is 35.5. The number of carbonyl (C=O) groups is 1. The third-order valence-corrected chi connectivity index (χ3v) is 7.81. The van der Waals surface area contributed by atoms with Gasteiger partial charge >= 0.3 is 5.97 Å². The summed E-state index contributed by atoms with van der Waals surface area (Å²) < 4.78 is 5.79. The number of carboxylic acid groups (broad SMARTS) is 1. The summed E-state index contributed by atoms with van der Waals surface area (Å²) in [5.41, 5.74) is 1.95. The number of benzene rings is 1. The molecule has 1 aliphatic carbocycles. The minimum atomic E-state index is -0.696. The predicted octanol–water partition coefficient (Wildman–Crippen LogP) is 5.22. The van der Waals surface area contributed by atoms with Gasteiger partial charge in [-0.1, -0.05) is 24.1 Å². The largest absolute Gasteiger partial charge is 0.481 e. The molecule has 5 unspecified atom stereocenters. The summed E-state index contributed by atoms with van der Waals surface area (Å²) in [6.45, 7) is 0.786. The highest BCUT2D eigenvalue weighted by Gasteiger charge is 2.44. The monoisotopic (exact) mass is 456 g/mol. The van der Waals surface area contributed by atoms with Gasteiger partial charge in [-0.05, 0) is 61.4 Å². The topological polar surface area (TPSA) is 89.7 Å². The van der Waals surface area contributed by atoms with Crippen molar-refractivity contribution in [2.24, 2.45) is 11.8 Å². The Morgan fingerprint density at radius 3 is 2.88 bits per heavy atom. The Kier molecular flexibility index (Phi) is 6.01. The van der Waals surface area contributed by atoms with E-state index in [1.165, 1.54) is 0 Å². The normalized spacial score (nSPS) is 26.0. The number of fused-ring (bicyclic) bond motifs is 2. The van der Waals surface area contributed by atoms with Crippen LogP contribution in [-0.4, -0.2) is 44.9 Å². The zero-order chi connectivity index (χ0) is 22.2. The van der Waals surface area contributed by atoms with E-state index < -0.39 is 12.2 Å². The van der Waals surface area contributed by atoms with Crippen molar-refractivity contribution in [3.63, 3.8) is 0 Å². The summed E-state index contributed by atoms with van der Waals surface area (Å²) in [5, 5.41) is 22.8. The van der Waals surface area contributed by atoms with Crippen molar-refractivity contribution in [1.82, 2.24) is 9.88 Å². The fraction of sp³-hybridized carbons (Fsp3) is 0.480. The van der Waals surface area contributed by atoms with Gasteiger partial charge in [-0.3, -0.25) is 9.69 Å². The molecule has 1 saturated heterocycles. The van der Waals surface area contributed by atoms with E-state index in [1.807, 2.05) is 36.5 Å². The Morgan fingerprint density at radius 2 is 2.09 bits per heavy atom. The van der Waals surface area contributed by atoms with Gasteiger partial charge in [-0.2, -0.15) is 0 Å². The van der Waals surface area contributed by atoms with Crippen molar-refractivity contribution in [1.29, 1.82) is 0 Å². The van der Waals surface area contributed by atoms with Gasteiger partial charge in [0.15, 0.2) is 0 Å². The molecule has 1 saturated carbocycles. The van der Waals surface area contributed by atoms with Crippen LogP contribution >= 0.6 is 11.6 Å². The molecular weight excluding hydrogens is 428 g/mol. The number of aliphatic hydroxyl groups is 1. The van der Waals surface area contributed by atoms with E-state index in [2.05, 4.69) is 9.88 Å². The summed E-state index contributed by atoms with van der Waals surface area (Å²) in [6, 6.07) is 9.69. The van der Waals surface area contributed by atoms with Crippen molar-refractivity contribution in [2.45, 2.75) is 56.7 Å². The summed E-state index contributed by atoms with van der Waals surface area (Å²) in [4.78, 5) is 17.3. The van der Waals surface area contributed by atoms with Crippen molar-refractivity contribution in [3.05, 3.63) is 59.1 Å². The molecule has 0 radical (unpaired) electrons. The molecule has 32 heavy (non-hydrogen) atoms. The lowest BCUT2D eigenvalue weighted by molar-refractivity contribution is -0.151. The van der Waals surface area contributed by atoms with Gasteiger partial charge in [-0.25, -0.2) is 0 Å². The van der Waals surface area contributed by atoms with Crippen molar-refractivity contribution in [3.8, 4) is 0 Å². The average Bonchev–Trinajstić information content (AvgIpc) is 3.47. The molecule has 0 bridgehead atoms. The summed E-state index contributed by atoms with van der Waals surface area (Å²) in [6.07, 6.45) is 7.76. The summed E-state index contributed by atoms with van der Waals surface area (Å²) in [5.74, 6) is -0.289. The lowest BCUT2D eigenvalue weighted by atomic mass is 9.71. The summed E-state index contributed by atoms with van der Waals surface area (Å²) >= 11 is 6.55. The van der Waals surface area contributed by atoms with Crippen LogP contribution in [-0.2, 0) is 4.79 Å². The number of likely N-dealkylation sites (tertiary alicyclic amines) is 1. The molecule has 2 fully saturated rings. The first-order valence-electron chi connectivity index (χ1n) is 11.5. The Balaban J connectivity index is 1.45. The van der Waals surface area contributed by atoms with E-state index in [0.29, 0.717) is 11.4 Å². The van der Waals surface area contributed by atoms with Gasteiger partial charge in [0, 0.05) is 42.0 Å². The van der Waals surface area contributed by atoms with Crippen LogP contribution < -0.4 is 0 Å². The van der Waals surface area contributed by atoms with Crippen LogP contribution in [0.3, 0.4) is 0 Å².